The average molecular weight is 286 g/mol. The van der Waals surface area contributed by atoms with Gasteiger partial charge in [-0.25, -0.2) is 0 Å². The van der Waals surface area contributed by atoms with E-state index >= 15 is 0 Å². The van der Waals surface area contributed by atoms with E-state index in [2.05, 4.69) is 0 Å². The molecule has 10 heteroatoms. The van der Waals surface area contributed by atoms with E-state index in [1.165, 1.54) is 6.92 Å². The molecule has 0 amide bonds. The fourth-order valence-corrected chi connectivity index (χ4v) is 2.43. The molecule has 1 rings (SSSR count). The summed E-state index contributed by atoms with van der Waals surface area (Å²) in [5, 5.41) is 21.7. The SMILES string of the molecule is Cc1c(C(=O)[O-])cc(S(=O)(=O)O)c(C)c1C(=O)[O-].[Li+].[Li+]. The normalized spacial score (nSPS) is 10.2. The van der Waals surface area contributed by atoms with E-state index in [-0.39, 0.29) is 48.8 Å². The van der Waals surface area contributed by atoms with Crippen LogP contribution in [0.2, 0.25) is 0 Å². The second-order valence-electron chi connectivity index (χ2n) is 3.60. The fourth-order valence-electron chi connectivity index (χ4n) is 1.67. The Hall–Kier alpha value is -0.735. The number of aromatic carboxylic acids is 2. The van der Waals surface area contributed by atoms with Gasteiger partial charge >= 0.3 is 37.7 Å². The van der Waals surface area contributed by atoms with Gasteiger partial charge in [0.05, 0.1) is 16.8 Å². The van der Waals surface area contributed by atoms with Crippen molar-refractivity contribution in [2.24, 2.45) is 0 Å². The Balaban J connectivity index is 0. The van der Waals surface area contributed by atoms with Gasteiger partial charge in [-0.15, -0.1) is 0 Å². The van der Waals surface area contributed by atoms with Gasteiger partial charge in [-0.2, -0.15) is 8.42 Å². The van der Waals surface area contributed by atoms with Gasteiger partial charge in [0.25, 0.3) is 10.1 Å². The molecule has 0 aliphatic heterocycles. The van der Waals surface area contributed by atoms with E-state index < -0.39 is 38.1 Å². The maximum atomic E-state index is 11.0. The second kappa shape index (κ2) is 7.32. The van der Waals surface area contributed by atoms with Crippen LogP contribution in [0, 0.1) is 13.8 Å². The number of hydrogen-bond acceptors (Lipinski definition) is 6. The molecule has 20 heavy (non-hydrogen) atoms. The molecule has 0 bridgehead atoms. The van der Waals surface area contributed by atoms with E-state index in [9.17, 15) is 28.2 Å². The van der Waals surface area contributed by atoms with Gasteiger partial charge in [0.15, 0.2) is 0 Å². The molecule has 0 spiro atoms. The summed E-state index contributed by atoms with van der Waals surface area (Å²) in [7, 11) is -4.74. The number of carboxylic acid groups (broad SMARTS) is 2. The predicted octanol–water partition coefficient (Wildman–Crippen LogP) is -7.71. The number of hydrogen-bond donors (Lipinski definition) is 1. The molecule has 7 nitrogen and oxygen atoms in total. The van der Waals surface area contributed by atoms with Crippen LogP contribution in [-0.2, 0) is 10.1 Å². The van der Waals surface area contributed by atoms with Crippen molar-refractivity contribution in [3.05, 3.63) is 28.3 Å². The Bertz CT molecular complexity index is 652. The van der Waals surface area contributed by atoms with Crippen LogP contribution in [-0.4, -0.2) is 24.9 Å². The van der Waals surface area contributed by atoms with Crippen LogP contribution in [0.1, 0.15) is 31.8 Å². The minimum absolute atomic E-state index is 0. The maximum absolute atomic E-state index is 11.0. The van der Waals surface area contributed by atoms with Crippen LogP contribution < -0.4 is 47.9 Å². The molecule has 0 saturated carbocycles. The van der Waals surface area contributed by atoms with Crippen LogP contribution in [0.4, 0.5) is 0 Å². The van der Waals surface area contributed by atoms with Gasteiger partial charge in [-0.1, -0.05) is 0 Å². The average Bonchev–Trinajstić information content (AvgIpc) is 2.13. The minimum Gasteiger partial charge on any atom is -0.545 e. The molecule has 1 aromatic rings. The van der Waals surface area contributed by atoms with Crippen molar-refractivity contribution in [3.8, 4) is 0 Å². The van der Waals surface area contributed by atoms with Crippen molar-refractivity contribution >= 4 is 22.1 Å². The number of carboxylic acids is 2. The zero-order valence-corrected chi connectivity index (χ0v) is 12.2. The topological polar surface area (TPSA) is 135 Å². The molecule has 0 unspecified atom stereocenters. The van der Waals surface area contributed by atoms with Gasteiger partial charge in [-0.3, -0.25) is 4.55 Å². The first-order valence-electron chi connectivity index (χ1n) is 4.61. The molecule has 1 aromatic carbocycles. The molecule has 0 radical (unpaired) electrons. The molecular weight excluding hydrogens is 278 g/mol. The van der Waals surface area contributed by atoms with Crippen molar-refractivity contribution in [2.75, 3.05) is 0 Å². The summed E-state index contributed by atoms with van der Waals surface area (Å²) in [6.45, 7) is 2.30. The molecule has 0 fully saturated rings. The predicted molar refractivity (Wildman–Crippen MR) is 54.4 cm³/mol. The quantitative estimate of drug-likeness (QED) is 0.430. The Labute approximate surface area is 139 Å². The van der Waals surface area contributed by atoms with Gasteiger partial charge in [0.2, 0.25) is 0 Å². The number of rotatable bonds is 3. The number of benzene rings is 1. The van der Waals surface area contributed by atoms with Crippen LogP contribution in [0.25, 0.3) is 0 Å². The first-order valence-corrected chi connectivity index (χ1v) is 6.05. The molecule has 0 saturated heterocycles. The Morgan fingerprint density at radius 2 is 1.50 bits per heavy atom. The molecule has 0 heterocycles. The summed E-state index contributed by atoms with van der Waals surface area (Å²) in [6.07, 6.45) is 0. The summed E-state index contributed by atoms with van der Waals surface area (Å²) < 4.78 is 31.0. The third kappa shape index (κ3) is 4.13. The summed E-state index contributed by atoms with van der Waals surface area (Å²) in [5.74, 6) is -3.49. The van der Waals surface area contributed by atoms with Crippen molar-refractivity contribution < 1.29 is 70.5 Å². The van der Waals surface area contributed by atoms with E-state index in [0.29, 0.717) is 6.07 Å². The monoisotopic (exact) mass is 286 g/mol. The van der Waals surface area contributed by atoms with Gasteiger partial charge in [0.1, 0.15) is 0 Å². The number of carbonyl (C=O) groups excluding carboxylic acids is 2. The fraction of sp³-hybridized carbons (Fsp3) is 0.200. The van der Waals surface area contributed by atoms with Crippen molar-refractivity contribution in [1.82, 2.24) is 0 Å². The van der Waals surface area contributed by atoms with Crippen LogP contribution in [0.3, 0.4) is 0 Å². The third-order valence-electron chi connectivity index (χ3n) is 2.50. The van der Waals surface area contributed by atoms with Gasteiger partial charge in [-0.05, 0) is 31.0 Å². The van der Waals surface area contributed by atoms with Gasteiger partial charge in [0, 0.05) is 11.1 Å². The zero-order valence-electron chi connectivity index (χ0n) is 11.4. The maximum Gasteiger partial charge on any atom is 1.00 e. The number of carbonyl (C=O) groups is 2. The van der Waals surface area contributed by atoms with Crippen LogP contribution >= 0.6 is 0 Å². The Morgan fingerprint density at radius 3 is 1.80 bits per heavy atom. The first-order chi connectivity index (χ1) is 8.07. The first kappa shape index (κ1) is 21.6. The Morgan fingerprint density at radius 1 is 1.05 bits per heavy atom. The van der Waals surface area contributed by atoms with Gasteiger partial charge < -0.3 is 19.8 Å². The zero-order chi connectivity index (χ0) is 14.2. The van der Waals surface area contributed by atoms with E-state index in [4.69, 9.17) is 4.55 Å². The molecule has 0 aliphatic carbocycles. The summed E-state index contributed by atoms with van der Waals surface area (Å²) in [4.78, 5) is 20.9. The summed E-state index contributed by atoms with van der Waals surface area (Å²) >= 11 is 0. The van der Waals surface area contributed by atoms with Crippen molar-refractivity contribution in [3.63, 3.8) is 0 Å². The summed E-state index contributed by atoms with van der Waals surface area (Å²) in [5.41, 5.74) is -1.71. The van der Waals surface area contributed by atoms with Crippen LogP contribution in [0.15, 0.2) is 11.0 Å². The second-order valence-corrected chi connectivity index (χ2v) is 4.99. The van der Waals surface area contributed by atoms with E-state index in [0.717, 1.165) is 6.92 Å². The molecule has 0 aliphatic rings. The standard InChI is InChI=1S/C10H10O7S.2Li/c1-4-6(9(11)12)3-7(18(15,16)17)5(2)8(4)10(13)14;;/h3H,1-2H3,(H,11,12)(H,13,14)(H,15,16,17);;/q;2*+1/p-2. The minimum atomic E-state index is -4.74. The molecule has 0 atom stereocenters. The smallest absolute Gasteiger partial charge is 0.545 e. The molecule has 0 aromatic heterocycles. The molecule has 98 valence electrons. The van der Waals surface area contributed by atoms with Crippen molar-refractivity contribution in [2.45, 2.75) is 18.7 Å². The summed E-state index contributed by atoms with van der Waals surface area (Å²) in [6, 6.07) is 0.655. The largest absolute Gasteiger partial charge is 1.00 e. The van der Waals surface area contributed by atoms with E-state index in [1.807, 2.05) is 0 Å². The van der Waals surface area contributed by atoms with E-state index in [1.54, 1.807) is 0 Å². The Kier molecular flexibility index (Phi) is 7.90. The third-order valence-corrected chi connectivity index (χ3v) is 3.48. The molecule has 1 N–H and O–H groups in total. The molecular formula is C10H8Li2O7S. The van der Waals surface area contributed by atoms with Crippen LogP contribution in [0.5, 0.6) is 0 Å². The van der Waals surface area contributed by atoms with Crippen molar-refractivity contribution in [1.29, 1.82) is 0 Å².